The lowest BCUT2D eigenvalue weighted by molar-refractivity contribution is 0.0928. The lowest BCUT2D eigenvalue weighted by Gasteiger charge is -2.35. The Labute approximate surface area is 275 Å². The molecule has 1 N–H and O–H groups in total. The van der Waals surface area contributed by atoms with Crippen molar-refractivity contribution in [1.82, 2.24) is 19.7 Å². The van der Waals surface area contributed by atoms with E-state index in [2.05, 4.69) is 22.0 Å². The van der Waals surface area contributed by atoms with Crippen molar-refractivity contribution in [2.75, 3.05) is 39.3 Å². The van der Waals surface area contributed by atoms with Gasteiger partial charge < -0.3 is 10.1 Å². The first-order chi connectivity index (χ1) is 22.5. The summed E-state index contributed by atoms with van der Waals surface area (Å²) in [4.78, 5) is 33.3. The maximum atomic E-state index is 14.4. The normalized spacial score (nSPS) is 14.7. The minimum Gasteiger partial charge on any atom is -0.492 e. The second-order valence-corrected chi connectivity index (χ2v) is 12.0. The van der Waals surface area contributed by atoms with E-state index in [0.29, 0.717) is 40.2 Å². The number of nitrogens with zero attached hydrogens (tertiary/aromatic N) is 3. The van der Waals surface area contributed by atoms with Gasteiger partial charge in [-0.15, -0.1) is 0 Å². The van der Waals surface area contributed by atoms with Crippen molar-refractivity contribution < 1.29 is 9.53 Å². The molecule has 0 aliphatic carbocycles. The zero-order valence-electron chi connectivity index (χ0n) is 26.1. The van der Waals surface area contributed by atoms with E-state index in [1.54, 1.807) is 4.57 Å². The highest BCUT2D eigenvalue weighted by molar-refractivity contribution is 6.30. The van der Waals surface area contributed by atoms with Crippen LogP contribution in [-0.2, 0) is 6.54 Å². The van der Waals surface area contributed by atoms with E-state index in [0.717, 1.165) is 56.1 Å². The number of hydrogen-bond donors (Lipinski definition) is 1. The van der Waals surface area contributed by atoms with Crippen LogP contribution in [0.5, 0.6) is 5.75 Å². The number of carbonyl (C=O) groups is 1. The van der Waals surface area contributed by atoms with Crippen LogP contribution >= 0.6 is 11.6 Å². The molecule has 1 aromatic heterocycles. The number of ether oxygens (including phenoxy) is 1. The Morgan fingerprint density at radius 1 is 0.804 bits per heavy atom. The van der Waals surface area contributed by atoms with Crippen molar-refractivity contribution in [3.8, 4) is 11.4 Å². The van der Waals surface area contributed by atoms with E-state index < -0.39 is 0 Å². The maximum Gasteiger partial charge on any atom is 0.263 e. The highest BCUT2D eigenvalue weighted by atomic mass is 35.5. The number of rotatable bonds is 11. The Balaban J connectivity index is 1.29. The summed E-state index contributed by atoms with van der Waals surface area (Å²) in [6.45, 7) is 7.27. The Kier molecular flexibility index (Phi) is 10.1. The number of piperazine rings is 1. The van der Waals surface area contributed by atoms with Crippen molar-refractivity contribution in [2.24, 2.45) is 0 Å². The van der Waals surface area contributed by atoms with Crippen LogP contribution in [0.1, 0.15) is 41.0 Å². The quantitative estimate of drug-likeness (QED) is 0.175. The molecule has 0 spiro atoms. The van der Waals surface area contributed by atoms with Crippen molar-refractivity contribution >= 4 is 28.3 Å². The Morgan fingerprint density at radius 3 is 2.09 bits per heavy atom. The molecule has 1 amide bonds. The molecule has 0 saturated carbocycles. The zero-order chi connectivity index (χ0) is 31.9. The molecule has 7 nitrogen and oxygen atoms in total. The molecular weight excluding hydrogens is 596 g/mol. The third-order valence-corrected chi connectivity index (χ3v) is 8.93. The standard InChI is InChI=1S/C38H39ClN4O3/c1-2-34(28-11-5-3-6-12-28)40-37(44)36-32-15-9-10-16-33(32)38(45)43(30-13-7-4-8-14-30)35(36)27-42-23-21-41(22-24-42)25-26-46-31-19-17-29(39)18-20-31/h3-20,34H,2,21-27H2,1H3,(H,40,44)/t34-/m0/s1. The number of carbonyl (C=O) groups excluding carboxylic acids is 1. The van der Waals surface area contributed by atoms with Crippen LogP contribution in [0, 0.1) is 0 Å². The van der Waals surface area contributed by atoms with Crippen LogP contribution in [0.3, 0.4) is 0 Å². The molecule has 1 aliphatic rings. The van der Waals surface area contributed by atoms with E-state index in [-0.39, 0.29) is 17.5 Å². The molecule has 2 heterocycles. The summed E-state index contributed by atoms with van der Waals surface area (Å²) in [7, 11) is 0. The number of fused-ring (bicyclic) bond motifs is 1. The van der Waals surface area contributed by atoms with Crippen molar-refractivity contribution in [2.45, 2.75) is 25.9 Å². The summed E-state index contributed by atoms with van der Waals surface area (Å²) in [5.74, 6) is 0.631. The number of aromatic nitrogens is 1. The summed E-state index contributed by atoms with van der Waals surface area (Å²) < 4.78 is 7.67. The summed E-state index contributed by atoms with van der Waals surface area (Å²) in [6.07, 6.45) is 0.741. The number of halogens is 1. The van der Waals surface area contributed by atoms with Crippen LogP contribution in [0.4, 0.5) is 0 Å². The SMILES string of the molecule is CC[C@H](NC(=O)c1c(CN2CCN(CCOc3ccc(Cl)cc3)CC2)n(-c2ccccc2)c(=O)c2ccccc12)c1ccccc1. The number of para-hydroxylation sites is 1. The summed E-state index contributed by atoms with van der Waals surface area (Å²) >= 11 is 5.99. The zero-order valence-corrected chi connectivity index (χ0v) is 26.8. The largest absolute Gasteiger partial charge is 0.492 e. The first kappa shape index (κ1) is 31.5. The maximum absolute atomic E-state index is 14.4. The van der Waals surface area contributed by atoms with Crippen molar-refractivity contribution in [3.63, 3.8) is 0 Å². The fourth-order valence-electron chi connectivity index (χ4n) is 6.19. The van der Waals surface area contributed by atoms with Gasteiger partial charge >= 0.3 is 0 Å². The molecule has 1 saturated heterocycles. The fraction of sp³-hybridized carbons (Fsp3) is 0.263. The molecule has 0 bridgehead atoms. The van der Waals surface area contributed by atoms with Gasteiger partial charge in [0.2, 0.25) is 0 Å². The minimum absolute atomic E-state index is 0.124. The van der Waals surface area contributed by atoms with Gasteiger partial charge in [-0.1, -0.05) is 85.3 Å². The van der Waals surface area contributed by atoms with Gasteiger partial charge in [-0.2, -0.15) is 0 Å². The van der Waals surface area contributed by atoms with Gasteiger partial charge in [0.05, 0.1) is 17.3 Å². The van der Waals surface area contributed by atoms with Crippen molar-refractivity contribution in [1.29, 1.82) is 0 Å². The van der Waals surface area contributed by atoms with Gasteiger partial charge in [-0.05, 0) is 54.4 Å². The lowest BCUT2D eigenvalue weighted by Crippen LogP contribution is -2.47. The lowest BCUT2D eigenvalue weighted by atomic mass is 9.99. The second-order valence-electron chi connectivity index (χ2n) is 11.6. The minimum atomic E-state index is -0.176. The van der Waals surface area contributed by atoms with Gasteiger partial charge in [-0.25, -0.2) is 0 Å². The first-order valence-corrected chi connectivity index (χ1v) is 16.3. The predicted octanol–water partition coefficient (Wildman–Crippen LogP) is 6.72. The molecule has 0 radical (unpaired) electrons. The molecule has 8 heteroatoms. The predicted molar refractivity (Wildman–Crippen MR) is 185 cm³/mol. The van der Waals surface area contributed by atoms with E-state index in [4.69, 9.17) is 16.3 Å². The van der Waals surface area contributed by atoms with Crippen LogP contribution in [-0.4, -0.2) is 59.6 Å². The number of hydrogen-bond acceptors (Lipinski definition) is 5. The van der Waals surface area contributed by atoms with Crippen molar-refractivity contribution in [3.05, 3.63) is 141 Å². The fourth-order valence-corrected chi connectivity index (χ4v) is 6.32. The Morgan fingerprint density at radius 2 is 1.41 bits per heavy atom. The number of amides is 1. The van der Waals surface area contributed by atoms with Gasteiger partial charge in [0.15, 0.2) is 0 Å². The van der Waals surface area contributed by atoms with Gasteiger partial charge in [0.1, 0.15) is 12.4 Å². The molecule has 5 aromatic rings. The number of pyridine rings is 1. The average Bonchev–Trinajstić information content (AvgIpc) is 3.10. The third-order valence-electron chi connectivity index (χ3n) is 8.67. The van der Waals surface area contributed by atoms with Crippen LogP contribution in [0.15, 0.2) is 114 Å². The summed E-state index contributed by atoms with van der Waals surface area (Å²) in [5.41, 5.74) is 2.93. The highest BCUT2D eigenvalue weighted by Crippen LogP contribution is 2.26. The molecule has 46 heavy (non-hydrogen) atoms. The molecule has 236 valence electrons. The van der Waals surface area contributed by atoms with Gasteiger partial charge in [0, 0.05) is 60.8 Å². The Bertz CT molecular complexity index is 1820. The summed E-state index contributed by atoms with van der Waals surface area (Å²) in [6, 6.07) is 34.4. The second kappa shape index (κ2) is 14.8. The number of benzene rings is 4. The topological polar surface area (TPSA) is 66.8 Å². The summed E-state index contributed by atoms with van der Waals surface area (Å²) in [5, 5.41) is 5.20. The number of nitrogens with one attached hydrogen (secondary N) is 1. The van der Waals surface area contributed by atoms with E-state index >= 15 is 0 Å². The molecule has 1 aliphatic heterocycles. The average molecular weight is 635 g/mol. The molecule has 0 unspecified atom stereocenters. The van der Waals surface area contributed by atoms with Crippen LogP contribution < -0.4 is 15.6 Å². The molecule has 1 fully saturated rings. The third kappa shape index (κ3) is 7.18. The highest BCUT2D eigenvalue weighted by Gasteiger charge is 2.27. The van der Waals surface area contributed by atoms with Gasteiger partial charge in [-0.3, -0.25) is 24.0 Å². The van der Waals surface area contributed by atoms with Gasteiger partial charge in [0.25, 0.3) is 11.5 Å². The molecule has 1 atom stereocenters. The smallest absolute Gasteiger partial charge is 0.263 e. The van der Waals surface area contributed by atoms with Crippen LogP contribution in [0.2, 0.25) is 5.02 Å². The monoisotopic (exact) mass is 634 g/mol. The molecular formula is C38H39ClN4O3. The van der Waals surface area contributed by atoms with E-state index in [9.17, 15) is 9.59 Å². The Hall–Kier alpha value is -4.43. The molecule has 6 rings (SSSR count). The first-order valence-electron chi connectivity index (χ1n) is 15.9. The van der Waals surface area contributed by atoms with E-state index in [1.807, 2.05) is 109 Å². The molecule has 4 aromatic carbocycles. The van der Waals surface area contributed by atoms with E-state index in [1.165, 1.54) is 0 Å². The van der Waals surface area contributed by atoms with Crippen LogP contribution in [0.25, 0.3) is 16.5 Å².